The molecule has 0 unspecified atom stereocenters. The third-order valence-electron chi connectivity index (χ3n) is 5.55. The number of anilines is 1. The van der Waals surface area contributed by atoms with Gasteiger partial charge in [0, 0.05) is 24.2 Å². The molecule has 0 bridgehead atoms. The highest BCUT2D eigenvalue weighted by atomic mass is 32.2. The van der Waals surface area contributed by atoms with Gasteiger partial charge in [-0.3, -0.25) is 4.79 Å². The van der Waals surface area contributed by atoms with Gasteiger partial charge in [-0.15, -0.1) is 0 Å². The van der Waals surface area contributed by atoms with Crippen molar-refractivity contribution in [2.75, 3.05) is 38.2 Å². The van der Waals surface area contributed by atoms with Gasteiger partial charge < -0.3 is 19.9 Å². The number of morpholine rings is 1. The fraction of sp³-hybridized carbons (Fsp3) is 0.250. The number of nitrogens with zero attached hydrogens (tertiary/aromatic N) is 1. The summed E-state index contributed by atoms with van der Waals surface area (Å²) in [4.78, 5) is 24.9. The second kappa shape index (κ2) is 9.80. The number of aromatic hydroxyl groups is 1. The van der Waals surface area contributed by atoms with E-state index in [0.717, 1.165) is 5.39 Å². The van der Waals surface area contributed by atoms with Crippen LogP contribution in [0.5, 0.6) is 5.75 Å². The van der Waals surface area contributed by atoms with Crippen LogP contribution in [0, 0.1) is 6.92 Å². The maximum absolute atomic E-state index is 12.9. The van der Waals surface area contributed by atoms with Gasteiger partial charge in [-0.25, -0.2) is 13.2 Å². The Morgan fingerprint density at radius 3 is 2.59 bits per heavy atom. The minimum atomic E-state index is -3.73. The van der Waals surface area contributed by atoms with Gasteiger partial charge in [0.15, 0.2) is 6.61 Å². The van der Waals surface area contributed by atoms with Gasteiger partial charge in [0.1, 0.15) is 11.3 Å². The van der Waals surface area contributed by atoms with Crippen LogP contribution in [0.15, 0.2) is 59.5 Å². The average molecular weight is 485 g/mol. The lowest BCUT2D eigenvalue weighted by Gasteiger charge is -2.26. The molecule has 2 N–H and O–H groups in total. The summed E-state index contributed by atoms with van der Waals surface area (Å²) < 4.78 is 37.4. The number of phenolic OH excluding ortho intramolecular Hbond substituents is 1. The summed E-state index contributed by atoms with van der Waals surface area (Å²) in [6.45, 7) is 2.29. The molecular weight excluding hydrogens is 460 g/mol. The first-order valence-corrected chi connectivity index (χ1v) is 12.1. The average Bonchev–Trinajstić information content (AvgIpc) is 2.85. The summed E-state index contributed by atoms with van der Waals surface area (Å²) in [5.41, 5.74) is 0.887. The maximum atomic E-state index is 12.9. The Balaban J connectivity index is 1.43. The standard InChI is InChI=1S/C24H24N2O7S/c1-16-6-8-18(34(30,31)26-10-12-32-13-11-26)14-21(16)25-22(27)15-33-24(29)20-9-7-17-4-2-3-5-19(17)23(20)28/h2-9,14,28H,10-13,15H2,1H3,(H,25,27). The van der Waals surface area contributed by atoms with Crippen LogP contribution in [0.2, 0.25) is 0 Å². The van der Waals surface area contributed by atoms with Crippen LogP contribution in [0.25, 0.3) is 10.8 Å². The van der Waals surface area contributed by atoms with Crippen LogP contribution in [0.1, 0.15) is 15.9 Å². The number of carbonyl (C=O) groups excluding carboxylic acids is 2. The molecule has 1 aliphatic heterocycles. The number of carbonyl (C=O) groups is 2. The van der Waals surface area contributed by atoms with Crippen molar-refractivity contribution in [3.05, 3.63) is 65.7 Å². The number of amides is 1. The summed E-state index contributed by atoms with van der Waals surface area (Å²) >= 11 is 0. The predicted octanol–water partition coefficient (Wildman–Crippen LogP) is 2.67. The summed E-state index contributed by atoms with van der Waals surface area (Å²) in [5, 5.41) is 14.2. The van der Waals surface area contributed by atoms with Gasteiger partial charge in [0.25, 0.3) is 5.91 Å². The monoisotopic (exact) mass is 484 g/mol. The van der Waals surface area contributed by atoms with E-state index < -0.39 is 28.5 Å². The lowest BCUT2D eigenvalue weighted by Crippen LogP contribution is -2.40. The zero-order valence-electron chi connectivity index (χ0n) is 18.5. The first-order chi connectivity index (χ1) is 16.3. The van der Waals surface area contributed by atoms with Crippen LogP contribution in [-0.4, -0.2) is 62.6 Å². The Bertz CT molecular complexity index is 1350. The Kier molecular flexibility index (Phi) is 6.82. The van der Waals surface area contributed by atoms with Crippen molar-refractivity contribution < 1.29 is 32.6 Å². The van der Waals surface area contributed by atoms with Gasteiger partial charge in [0.05, 0.1) is 18.1 Å². The topological polar surface area (TPSA) is 122 Å². The highest BCUT2D eigenvalue weighted by Gasteiger charge is 2.27. The van der Waals surface area contributed by atoms with Crippen LogP contribution in [-0.2, 0) is 24.3 Å². The predicted molar refractivity (Wildman–Crippen MR) is 125 cm³/mol. The van der Waals surface area contributed by atoms with E-state index in [9.17, 15) is 23.1 Å². The quantitative estimate of drug-likeness (QED) is 0.516. The van der Waals surface area contributed by atoms with E-state index in [0.29, 0.717) is 29.9 Å². The largest absolute Gasteiger partial charge is 0.506 e. The summed E-state index contributed by atoms with van der Waals surface area (Å²) in [6.07, 6.45) is 0. The number of hydrogen-bond donors (Lipinski definition) is 2. The molecule has 3 aromatic carbocycles. The highest BCUT2D eigenvalue weighted by molar-refractivity contribution is 7.89. The Morgan fingerprint density at radius 2 is 1.82 bits per heavy atom. The molecular formula is C24H24N2O7S. The van der Waals surface area contributed by atoms with E-state index in [4.69, 9.17) is 9.47 Å². The van der Waals surface area contributed by atoms with E-state index in [1.165, 1.54) is 22.5 Å². The molecule has 4 rings (SSSR count). The lowest BCUT2D eigenvalue weighted by atomic mass is 10.1. The molecule has 0 atom stereocenters. The third kappa shape index (κ3) is 4.89. The van der Waals surface area contributed by atoms with Crippen molar-refractivity contribution >= 4 is 38.4 Å². The number of benzene rings is 3. The van der Waals surface area contributed by atoms with Gasteiger partial charge in [-0.1, -0.05) is 36.4 Å². The van der Waals surface area contributed by atoms with Crippen molar-refractivity contribution in [2.45, 2.75) is 11.8 Å². The highest BCUT2D eigenvalue weighted by Crippen LogP contribution is 2.29. The molecule has 0 aromatic heterocycles. The molecule has 0 saturated carbocycles. The van der Waals surface area contributed by atoms with E-state index in [2.05, 4.69) is 5.32 Å². The smallest absolute Gasteiger partial charge is 0.342 e. The summed E-state index contributed by atoms with van der Waals surface area (Å²) in [7, 11) is -3.73. The molecule has 9 nitrogen and oxygen atoms in total. The molecule has 3 aromatic rings. The van der Waals surface area contributed by atoms with E-state index >= 15 is 0 Å². The van der Waals surface area contributed by atoms with Crippen LogP contribution < -0.4 is 5.32 Å². The van der Waals surface area contributed by atoms with Crippen molar-refractivity contribution in [2.24, 2.45) is 0 Å². The first kappa shape index (κ1) is 23.7. The molecule has 1 heterocycles. The molecule has 178 valence electrons. The van der Waals surface area contributed by atoms with E-state index in [1.807, 2.05) is 6.07 Å². The molecule has 1 amide bonds. The number of rotatable bonds is 6. The van der Waals surface area contributed by atoms with E-state index in [1.54, 1.807) is 37.3 Å². The number of ether oxygens (including phenoxy) is 2. The SMILES string of the molecule is Cc1ccc(S(=O)(=O)N2CCOCC2)cc1NC(=O)COC(=O)c1ccc2ccccc2c1O. The van der Waals surface area contributed by atoms with Gasteiger partial charge in [0.2, 0.25) is 10.0 Å². The number of phenols is 1. The van der Waals surface area contributed by atoms with Crippen LogP contribution in [0.3, 0.4) is 0 Å². The first-order valence-electron chi connectivity index (χ1n) is 10.6. The van der Waals surface area contributed by atoms with Crippen molar-refractivity contribution in [3.63, 3.8) is 0 Å². The second-order valence-electron chi connectivity index (χ2n) is 7.80. The molecule has 0 spiro atoms. The number of fused-ring (bicyclic) bond motifs is 1. The Hall–Kier alpha value is -3.47. The number of aryl methyl sites for hydroxylation is 1. The molecule has 0 radical (unpaired) electrons. The zero-order valence-corrected chi connectivity index (χ0v) is 19.3. The normalized spacial score (nSPS) is 14.6. The number of nitrogens with one attached hydrogen (secondary N) is 1. The fourth-order valence-electron chi connectivity index (χ4n) is 3.65. The number of sulfonamides is 1. The second-order valence-corrected chi connectivity index (χ2v) is 9.74. The molecule has 1 aliphatic rings. The molecule has 0 aliphatic carbocycles. The fourth-order valence-corrected chi connectivity index (χ4v) is 5.08. The molecule has 34 heavy (non-hydrogen) atoms. The molecule has 1 saturated heterocycles. The number of hydrogen-bond acceptors (Lipinski definition) is 7. The lowest BCUT2D eigenvalue weighted by molar-refractivity contribution is -0.119. The summed E-state index contributed by atoms with van der Waals surface area (Å²) in [5.74, 6) is -1.71. The van der Waals surface area contributed by atoms with Gasteiger partial charge in [-0.05, 0) is 36.1 Å². The minimum absolute atomic E-state index is 0.0494. The molecule has 10 heteroatoms. The Labute approximate surface area is 196 Å². The third-order valence-corrected chi connectivity index (χ3v) is 7.44. The van der Waals surface area contributed by atoms with Crippen molar-refractivity contribution in [1.82, 2.24) is 4.31 Å². The molecule has 1 fully saturated rings. The summed E-state index contributed by atoms with van der Waals surface area (Å²) in [6, 6.07) is 14.6. The minimum Gasteiger partial charge on any atom is -0.506 e. The van der Waals surface area contributed by atoms with Crippen LogP contribution in [0.4, 0.5) is 5.69 Å². The van der Waals surface area contributed by atoms with Crippen molar-refractivity contribution in [1.29, 1.82) is 0 Å². The zero-order chi connectivity index (χ0) is 24.3. The van der Waals surface area contributed by atoms with E-state index in [-0.39, 0.29) is 29.3 Å². The van der Waals surface area contributed by atoms with Gasteiger partial charge >= 0.3 is 5.97 Å². The van der Waals surface area contributed by atoms with Gasteiger partial charge in [-0.2, -0.15) is 4.31 Å². The van der Waals surface area contributed by atoms with Crippen LogP contribution >= 0.6 is 0 Å². The maximum Gasteiger partial charge on any atom is 0.342 e. The number of esters is 1. The van der Waals surface area contributed by atoms with Crippen molar-refractivity contribution in [3.8, 4) is 5.75 Å². The Morgan fingerprint density at radius 1 is 1.09 bits per heavy atom.